The molecule has 1 fully saturated rings. The summed E-state index contributed by atoms with van der Waals surface area (Å²) in [5, 5.41) is 13.4. The molecule has 35 heavy (non-hydrogen) atoms. The molecule has 9 heteroatoms. The fraction of sp³-hybridized carbons (Fsp3) is 0.385. The van der Waals surface area contributed by atoms with E-state index < -0.39 is 0 Å². The zero-order chi connectivity index (χ0) is 24.0. The van der Waals surface area contributed by atoms with Crippen molar-refractivity contribution in [2.24, 2.45) is 0 Å². The minimum atomic E-state index is -0.0737. The van der Waals surface area contributed by atoms with E-state index in [4.69, 9.17) is 9.47 Å². The van der Waals surface area contributed by atoms with E-state index in [1.165, 1.54) is 4.90 Å². The summed E-state index contributed by atoms with van der Waals surface area (Å²) in [6.45, 7) is 5.87. The minimum Gasteiger partial charge on any atom is -0.494 e. The van der Waals surface area contributed by atoms with Gasteiger partial charge in [0.25, 0.3) is 5.56 Å². The number of rotatable bonds is 10. The molecule has 0 bridgehead atoms. The average molecular weight is 476 g/mol. The van der Waals surface area contributed by atoms with Crippen LogP contribution in [-0.2, 0) is 24.4 Å². The van der Waals surface area contributed by atoms with Crippen LogP contribution in [-0.4, -0.2) is 51.1 Å². The van der Waals surface area contributed by atoms with Crippen molar-refractivity contribution in [3.8, 4) is 5.75 Å². The summed E-state index contributed by atoms with van der Waals surface area (Å²) in [6.07, 6.45) is 2.28. The average Bonchev–Trinajstić information content (AvgIpc) is 3.53. The molecule has 4 aromatic rings. The van der Waals surface area contributed by atoms with Crippen LogP contribution in [0.3, 0.4) is 0 Å². The highest BCUT2D eigenvalue weighted by atomic mass is 16.5. The van der Waals surface area contributed by atoms with Crippen LogP contribution in [0.4, 0.5) is 0 Å². The lowest BCUT2D eigenvalue weighted by Crippen LogP contribution is -3.10. The fourth-order valence-electron chi connectivity index (χ4n) is 4.67. The molecule has 0 spiro atoms. The number of hydrogen-bond acceptors (Lipinski definition) is 6. The summed E-state index contributed by atoms with van der Waals surface area (Å²) in [4.78, 5) is 17.2. The van der Waals surface area contributed by atoms with Gasteiger partial charge in [-0.2, -0.15) is 0 Å². The topological polar surface area (TPSA) is 99.4 Å². The van der Waals surface area contributed by atoms with E-state index in [9.17, 15) is 4.79 Å². The first-order valence-electron chi connectivity index (χ1n) is 12.2. The molecule has 9 nitrogen and oxygen atoms in total. The highest BCUT2D eigenvalue weighted by Gasteiger charge is 2.25. The molecule has 1 saturated heterocycles. The van der Waals surface area contributed by atoms with Gasteiger partial charge in [0, 0.05) is 17.5 Å². The van der Waals surface area contributed by atoms with Gasteiger partial charge in [-0.05, 0) is 60.0 Å². The zero-order valence-corrected chi connectivity index (χ0v) is 19.9. The van der Waals surface area contributed by atoms with Crippen molar-refractivity contribution in [3.05, 3.63) is 81.9 Å². The van der Waals surface area contributed by atoms with Crippen LogP contribution in [0.15, 0.2) is 59.4 Å². The van der Waals surface area contributed by atoms with Gasteiger partial charge >= 0.3 is 0 Å². The number of hydrogen-bond donors (Lipinski definition) is 2. The molecule has 182 valence electrons. The molecule has 2 aromatic heterocycles. The summed E-state index contributed by atoms with van der Waals surface area (Å²) >= 11 is 0. The van der Waals surface area contributed by atoms with Gasteiger partial charge in [0.05, 0.1) is 18.7 Å². The number of pyridine rings is 1. The summed E-state index contributed by atoms with van der Waals surface area (Å²) in [6, 6.07) is 17.9. The molecule has 3 heterocycles. The maximum absolute atomic E-state index is 13.0. The fourth-order valence-corrected chi connectivity index (χ4v) is 4.67. The quantitative estimate of drug-likeness (QED) is 0.362. The standard InChI is InChI=1S/C26H30N6O3/c1-2-34-22-10-11-24-20(14-22)13-21(26(33)27-24)16-31(17-23-9-6-12-35-23)18-25-28-29-30-32(25)15-19-7-4-3-5-8-19/h3-5,7-8,10-11,13-14,23H,2,6,9,12,15-18H2,1H3,(H,27,33)/p+1/t23-/m1/s1. The second-order valence-corrected chi connectivity index (χ2v) is 8.99. The molecule has 2 aromatic carbocycles. The highest BCUT2D eigenvalue weighted by Crippen LogP contribution is 2.19. The number of aromatic amines is 1. The largest absolute Gasteiger partial charge is 0.494 e. The molecule has 1 aliphatic heterocycles. The molecule has 1 unspecified atom stereocenters. The number of nitrogens with zero attached hydrogens (tertiary/aromatic N) is 4. The maximum atomic E-state index is 13.0. The van der Waals surface area contributed by atoms with Gasteiger partial charge in [-0.3, -0.25) is 4.79 Å². The third kappa shape index (κ3) is 5.75. The van der Waals surface area contributed by atoms with Crippen LogP contribution < -0.4 is 15.2 Å². The van der Waals surface area contributed by atoms with Crippen LogP contribution in [0.2, 0.25) is 0 Å². The van der Waals surface area contributed by atoms with Gasteiger partial charge < -0.3 is 19.4 Å². The van der Waals surface area contributed by atoms with Gasteiger partial charge in [0.1, 0.15) is 31.5 Å². The van der Waals surface area contributed by atoms with Crippen molar-refractivity contribution in [1.29, 1.82) is 0 Å². The summed E-state index contributed by atoms with van der Waals surface area (Å²) in [5.41, 5.74) is 2.59. The molecular formula is C26H31N6O3+. The van der Waals surface area contributed by atoms with Crippen molar-refractivity contribution >= 4 is 10.9 Å². The number of quaternary nitrogens is 1. The number of tetrazole rings is 1. The Morgan fingerprint density at radius 2 is 2.06 bits per heavy atom. The Hall–Kier alpha value is -3.56. The Morgan fingerprint density at radius 3 is 2.86 bits per heavy atom. The number of ether oxygens (including phenoxy) is 2. The summed E-state index contributed by atoms with van der Waals surface area (Å²) in [7, 11) is 0. The normalized spacial score (nSPS) is 16.5. The maximum Gasteiger partial charge on any atom is 0.257 e. The first-order valence-corrected chi connectivity index (χ1v) is 12.2. The number of benzene rings is 2. The van der Waals surface area contributed by atoms with E-state index in [0.717, 1.165) is 59.6 Å². The van der Waals surface area contributed by atoms with Crippen LogP contribution in [0.1, 0.15) is 36.7 Å². The molecule has 2 N–H and O–H groups in total. The third-order valence-electron chi connectivity index (χ3n) is 6.37. The van der Waals surface area contributed by atoms with Gasteiger partial charge in [-0.25, -0.2) is 4.68 Å². The van der Waals surface area contributed by atoms with Gasteiger partial charge in [0.15, 0.2) is 0 Å². The molecule has 2 atom stereocenters. The first kappa shape index (κ1) is 23.2. The van der Waals surface area contributed by atoms with E-state index in [1.54, 1.807) is 0 Å². The Balaban J connectivity index is 1.40. The second kappa shape index (κ2) is 10.8. The van der Waals surface area contributed by atoms with E-state index >= 15 is 0 Å². The lowest BCUT2D eigenvalue weighted by molar-refractivity contribution is -0.931. The van der Waals surface area contributed by atoms with Gasteiger partial charge in [-0.1, -0.05) is 30.3 Å². The van der Waals surface area contributed by atoms with Crippen LogP contribution in [0.5, 0.6) is 5.75 Å². The number of fused-ring (bicyclic) bond motifs is 1. The predicted molar refractivity (Wildman–Crippen MR) is 131 cm³/mol. The van der Waals surface area contributed by atoms with E-state index in [2.05, 4.69) is 32.6 Å². The van der Waals surface area contributed by atoms with Gasteiger partial charge in [0.2, 0.25) is 5.82 Å². The first-order chi connectivity index (χ1) is 17.2. The SMILES string of the molecule is CCOc1ccc2[nH]c(=O)c(C[NH+](Cc3nnnn3Cc3ccccc3)C[C@H]3CCCO3)cc2c1. The van der Waals surface area contributed by atoms with E-state index in [1.807, 2.05) is 54.1 Å². The van der Waals surface area contributed by atoms with Gasteiger partial charge in [-0.15, -0.1) is 5.10 Å². The molecular weight excluding hydrogens is 444 g/mol. The predicted octanol–water partition coefficient (Wildman–Crippen LogP) is 1.73. The molecule has 1 aliphatic rings. The monoisotopic (exact) mass is 475 g/mol. The number of H-pyrrole nitrogens is 1. The Kier molecular flexibility index (Phi) is 7.15. The second-order valence-electron chi connectivity index (χ2n) is 8.99. The Morgan fingerprint density at radius 1 is 1.17 bits per heavy atom. The summed E-state index contributed by atoms with van der Waals surface area (Å²) < 4.78 is 13.4. The van der Waals surface area contributed by atoms with Crippen molar-refractivity contribution in [3.63, 3.8) is 0 Å². The van der Waals surface area contributed by atoms with Crippen molar-refractivity contribution in [2.75, 3.05) is 19.8 Å². The van der Waals surface area contributed by atoms with Crippen LogP contribution in [0.25, 0.3) is 10.9 Å². The highest BCUT2D eigenvalue weighted by molar-refractivity contribution is 5.80. The number of aromatic nitrogens is 5. The van der Waals surface area contributed by atoms with Crippen LogP contribution >= 0.6 is 0 Å². The zero-order valence-electron chi connectivity index (χ0n) is 19.9. The Bertz CT molecular complexity index is 1310. The molecule has 0 amide bonds. The summed E-state index contributed by atoms with van der Waals surface area (Å²) in [5.74, 6) is 1.58. The molecule has 5 rings (SSSR count). The number of nitrogens with one attached hydrogen (secondary N) is 2. The lowest BCUT2D eigenvalue weighted by atomic mass is 10.1. The van der Waals surface area contributed by atoms with Crippen molar-refractivity contribution < 1.29 is 14.4 Å². The van der Waals surface area contributed by atoms with E-state index in [0.29, 0.717) is 26.2 Å². The van der Waals surface area contributed by atoms with Crippen LogP contribution in [0, 0.1) is 0 Å². The van der Waals surface area contributed by atoms with Crippen molar-refractivity contribution in [2.45, 2.75) is 45.5 Å². The molecule has 0 aliphatic carbocycles. The van der Waals surface area contributed by atoms with E-state index in [-0.39, 0.29) is 11.7 Å². The van der Waals surface area contributed by atoms with Crippen molar-refractivity contribution in [1.82, 2.24) is 25.2 Å². The smallest absolute Gasteiger partial charge is 0.257 e. The lowest BCUT2D eigenvalue weighted by Gasteiger charge is -2.22. The molecule has 0 saturated carbocycles. The minimum absolute atomic E-state index is 0.0737. The third-order valence-corrected chi connectivity index (χ3v) is 6.37. The Labute approximate surface area is 203 Å². The molecule has 0 radical (unpaired) electrons.